The third-order valence-corrected chi connectivity index (χ3v) is 6.21. The number of benzene rings is 1. The molecule has 8 heteroatoms. The zero-order valence-corrected chi connectivity index (χ0v) is 12.8. The summed E-state index contributed by atoms with van der Waals surface area (Å²) in [5.74, 6) is 0.0191. The van der Waals surface area contributed by atoms with Gasteiger partial charge in [0.15, 0.2) is 0 Å². The third kappa shape index (κ3) is 1.95. The molecule has 2 aromatic rings. The Kier molecular flexibility index (Phi) is 3.09. The Bertz CT molecular complexity index is 748. The molecule has 0 unspecified atom stereocenters. The normalized spacial score (nSPS) is 19.4. The fourth-order valence-corrected chi connectivity index (χ4v) is 4.55. The lowest BCUT2D eigenvalue weighted by Crippen LogP contribution is -2.65. The lowest BCUT2D eigenvalue weighted by atomic mass is 9.85. The van der Waals surface area contributed by atoms with Crippen LogP contribution in [0.4, 0.5) is 0 Å². The van der Waals surface area contributed by atoms with Crippen molar-refractivity contribution < 1.29 is 13.5 Å². The summed E-state index contributed by atoms with van der Waals surface area (Å²) in [6, 6.07) is 4.93. The van der Waals surface area contributed by atoms with E-state index in [4.69, 9.17) is 0 Å². The predicted molar refractivity (Wildman–Crippen MR) is 76.0 cm³/mol. The van der Waals surface area contributed by atoms with Crippen molar-refractivity contribution in [3.8, 4) is 0 Å². The fourth-order valence-electron chi connectivity index (χ4n) is 2.23. The Morgan fingerprint density at radius 3 is 2.70 bits per heavy atom. The second-order valence-electron chi connectivity index (χ2n) is 5.42. The topological polar surface area (TPSA) is 83.4 Å². The summed E-state index contributed by atoms with van der Waals surface area (Å²) in [5, 5.41) is 10.2. The minimum absolute atomic E-state index is 0.0191. The van der Waals surface area contributed by atoms with Gasteiger partial charge in [-0.1, -0.05) is 19.9 Å². The molecule has 0 saturated carbocycles. The molecule has 0 atom stereocenters. The predicted octanol–water partition coefficient (Wildman–Crippen LogP) is 1.08. The smallest absolute Gasteiger partial charge is 0.245 e. The fraction of sp³-hybridized carbons (Fsp3) is 0.500. The maximum atomic E-state index is 12.6. The van der Waals surface area contributed by atoms with Crippen LogP contribution in [0.3, 0.4) is 0 Å². The molecule has 1 N–H and O–H groups in total. The van der Waals surface area contributed by atoms with Crippen LogP contribution in [0, 0.1) is 5.92 Å². The van der Waals surface area contributed by atoms with E-state index in [-0.39, 0.29) is 23.9 Å². The van der Waals surface area contributed by atoms with Crippen molar-refractivity contribution in [1.29, 1.82) is 0 Å². The van der Waals surface area contributed by atoms with Gasteiger partial charge in [-0.2, -0.15) is 13.1 Å². The molecule has 0 aliphatic carbocycles. The molecular formula is C12H15N3O3S2. The van der Waals surface area contributed by atoms with Gasteiger partial charge in [-0.15, -0.1) is 0 Å². The first-order valence-electron chi connectivity index (χ1n) is 6.28. The largest absolute Gasteiger partial charge is 0.387 e. The number of rotatable bonds is 3. The molecule has 2 heterocycles. The van der Waals surface area contributed by atoms with Gasteiger partial charge in [0.05, 0.1) is 17.3 Å². The Morgan fingerprint density at radius 2 is 2.05 bits per heavy atom. The molecule has 1 aromatic carbocycles. The molecule has 0 radical (unpaired) electrons. The Balaban J connectivity index is 1.97. The van der Waals surface area contributed by atoms with Gasteiger partial charge in [0.1, 0.15) is 15.9 Å². The van der Waals surface area contributed by atoms with Crippen LogP contribution in [0.25, 0.3) is 11.0 Å². The summed E-state index contributed by atoms with van der Waals surface area (Å²) in [4.78, 5) is 0.162. The van der Waals surface area contributed by atoms with E-state index in [1.54, 1.807) is 12.1 Å². The van der Waals surface area contributed by atoms with Crippen LogP contribution in [-0.2, 0) is 10.0 Å². The first-order valence-corrected chi connectivity index (χ1v) is 8.45. The van der Waals surface area contributed by atoms with Gasteiger partial charge in [-0.25, -0.2) is 8.42 Å². The van der Waals surface area contributed by atoms with Crippen molar-refractivity contribution in [3.63, 3.8) is 0 Å². The van der Waals surface area contributed by atoms with E-state index < -0.39 is 15.6 Å². The molecule has 1 aliphatic rings. The SMILES string of the molecule is CC(C)C1(O)CN(S(=O)(=O)c2cccc3nsnc23)C1. The van der Waals surface area contributed by atoms with Crippen LogP contribution in [0.5, 0.6) is 0 Å². The summed E-state index contributed by atoms with van der Waals surface area (Å²) in [7, 11) is -3.63. The van der Waals surface area contributed by atoms with Gasteiger partial charge in [0, 0.05) is 13.1 Å². The molecule has 3 rings (SSSR count). The van der Waals surface area contributed by atoms with E-state index in [1.165, 1.54) is 10.4 Å². The van der Waals surface area contributed by atoms with Gasteiger partial charge >= 0.3 is 0 Å². The summed E-state index contributed by atoms with van der Waals surface area (Å²) < 4.78 is 34.6. The van der Waals surface area contributed by atoms with E-state index in [2.05, 4.69) is 8.75 Å². The van der Waals surface area contributed by atoms with Crippen molar-refractivity contribution in [1.82, 2.24) is 13.1 Å². The first-order chi connectivity index (χ1) is 9.34. The molecule has 6 nitrogen and oxygen atoms in total. The number of aliphatic hydroxyl groups is 1. The van der Waals surface area contributed by atoms with Crippen molar-refractivity contribution in [2.45, 2.75) is 24.3 Å². The summed E-state index contributed by atoms with van der Waals surface area (Å²) >= 11 is 0.993. The highest BCUT2D eigenvalue weighted by Gasteiger charge is 2.49. The number of hydrogen-bond donors (Lipinski definition) is 1. The lowest BCUT2D eigenvalue weighted by molar-refractivity contribution is -0.0932. The number of fused-ring (bicyclic) bond motifs is 1. The molecule has 0 spiro atoms. The van der Waals surface area contributed by atoms with E-state index in [0.29, 0.717) is 11.0 Å². The summed E-state index contributed by atoms with van der Waals surface area (Å²) in [5.41, 5.74) is 0.0505. The molecule has 20 heavy (non-hydrogen) atoms. The van der Waals surface area contributed by atoms with E-state index in [9.17, 15) is 13.5 Å². The second-order valence-corrected chi connectivity index (χ2v) is 7.85. The van der Waals surface area contributed by atoms with Gasteiger partial charge in [0.2, 0.25) is 10.0 Å². The van der Waals surface area contributed by atoms with E-state index in [1.807, 2.05) is 13.8 Å². The number of β-amino-alcohol motifs (C(OH)–C–C–N with tert-alkyl or cyclic N) is 1. The van der Waals surface area contributed by atoms with E-state index >= 15 is 0 Å². The standard InChI is InChI=1S/C12H15N3O3S2/c1-8(2)12(16)6-15(7-12)20(17,18)10-5-3-4-9-11(10)14-19-13-9/h3-5,8,16H,6-7H2,1-2H3. The summed E-state index contributed by atoms with van der Waals surface area (Å²) in [6.45, 7) is 4.02. The first kappa shape index (κ1) is 13.9. The van der Waals surface area contributed by atoms with Crippen molar-refractivity contribution >= 4 is 32.8 Å². The molecule has 108 valence electrons. The van der Waals surface area contributed by atoms with Gasteiger partial charge < -0.3 is 5.11 Å². The average Bonchev–Trinajstić information content (AvgIpc) is 2.82. The zero-order chi connectivity index (χ0) is 14.5. The molecule has 1 saturated heterocycles. The third-order valence-electron chi connectivity index (χ3n) is 3.84. The zero-order valence-electron chi connectivity index (χ0n) is 11.1. The molecule has 1 fully saturated rings. The van der Waals surface area contributed by atoms with Crippen LogP contribution in [0.1, 0.15) is 13.8 Å². The van der Waals surface area contributed by atoms with Crippen molar-refractivity contribution in [2.24, 2.45) is 5.92 Å². The monoisotopic (exact) mass is 313 g/mol. The van der Waals surface area contributed by atoms with Crippen LogP contribution in [-0.4, -0.2) is 45.3 Å². The molecule has 0 bridgehead atoms. The van der Waals surface area contributed by atoms with Gasteiger partial charge in [0.25, 0.3) is 0 Å². The number of nitrogens with zero attached hydrogens (tertiary/aromatic N) is 3. The van der Waals surface area contributed by atoms with Crippen molar-refractivity contribution in [2.75, 3.05) is 13.1 Å². The number of hydrogen-bond acceptors (Lipinski definition) is 6. The van der Waals surface area contributed by atoms with Gasteiger partial charge in [-0.3, -0.25) is 0 Å². The van der Waals surface area contributed by atoms with Crippen LogP contribution in [0.15, 0.2) is 23.1 Å². The Morgan fingerprint density at radius 1 is 1.35 bits per heavy atom. The molecule has 1 aliphatic heterocycles. The summed E-state index contributed by atoms with van der Waals surface area (Å²) in [6.07, 6.45) is 0. The highest BCUT2D eigenvalue weighted by Crippen LogP contribution is 2.34. The second kappa shape index (κ2) is 4.45. The minimum atomic E-state index is -3.63. The van der Waals surface area contributed by atoms with E-state index in [0.717, 1.165) is 11.7 Å². The maximum Gasteiger partial charge on any atom is 0.245 e. The average molecular weight is 313 g/mol. The minimum Gasteiger partial charge on any atom is -0.387 e. The molecule has 1 aromatic heterocycles. The highest BCUT2D eigenvalue weighted by molar-refractivity contribution is 7.89. The Hall–Kier alpha value is -1.09. The number of aromatic nitrogens is 2. The molecular weight excluding hydrogens is 298 g/mol. The lowest BCUT2D eigenvalue weighted by Gasteiger charge is -2.47. The van der Waals surface area contributed by atoms with Crippen molar-refractivity contribution in [3.05, 3.63) is 18.2 Å². The van der Waals surface area contributed by atoms with Crippen LogP contribution >= 0.6 is 11.7 Å². The quantitative estimate of drug-likeness (QED) is 0.917. The maximum absolute atomic E-state index is 12.6. The van der Waals surface area contributed by atoms with Gasteiger partial charge in [-0.05, 0) is 18.1 Å². The Labute approximate surface area is 121 Å². The highest BCUT2D eigenvalue weighted by atomic mass is 32.2. The number of sulfonamides is 1. The van der Waals surface area contributed by atoms with Crippen LogP contribution in [0.2, 0.25) is 0 Å². The molecule has 0 amide bonds. The van der Waals surface area contributed by atoms with Crippen LogP contribution < -0.4 is 0 Å².